The maximum absolute atomic E-state index is 12.5. The average molecular weight is 350 g/mol. The van der Waals surface area contributed by atoms with Crippen LogP contribution in [0.3, 0.4) is 0 Å². The summed E-state index contributed by atoms with van der Waals surface area (Å²) in [6, 6.07) is 1.41. The molecule has 2 aliphatic carbocycles. The molecule has 0 radical (unpaired) electrons. The zero-order chi connectivity index (χ0) is 17.1. The number of nitrogens with zero attached hydrogens (tertiary/aromatic N) is 1. The largest absolute Gasteiger partial charge is 0.375 e. The molecule has 2 N–H and O–H groups in total. The minimum Gasteiger partial charge on any atom is -0.375 e. The summed E-state index contributed by atoms with van der Waals surface area (Å²) in [5.74, 6) is 0. The van der Waals surface area contributed by atoms with Crippen molar-refractivity contribution in [3.63, 3.8) is 0 Å². The first-order valence-electron chi connectivity index (χ1n) is 10.7. The zero-order valence-electron chi connectivity index (χ0n) is 15.6. The Kier molecular flexibility index (Phi) is 5.51. The fourth-order valence-electron chi connectivity index (χ4n) is 5.61. The van der Waals surface area contributed by atoms with Gasteiger partial charge in [-0.1, -0.05) is 32.1 Å². The van der Waals surface area contributed by atoms with Crippen molar-refractivity contribution in [2.24, 2.45) is 0 Å². The third-order valence-electron chi connectivity index (χ3n) is 6.99. The number of nitrogens with one attached hydrogen (secondary N) is 2. The van der Waals surface area contributed by atoms with Gasteiger partial charge in [0.2, 0.25) is 0 Å². The molecule has 0 aromatic rings. The Bertz CT molecular complexity index is 452. The monoisotopic (exact) mass is 349 g/mol. The lowest BCUT2D eigenvalue weighted by Gasteiger charge is -2.43. The van der Waals surface area contributed by atoms with E-state index >= 15 is 0 Å². The lowest BCUT2D eigenvalue weighted by atomic mass is 9.78. The number of hydrogen-bond acceptors (Lipinski definition) is 3. The fraction of sp³-hybridized carbons (Fsp3) is 0.950. The third-order valence-corrected chi connectivity index (χ3v) is 6.99. The number of likely N-dealkylation sites (tertiary alicyclic amines) is 1. The Labute approximate surface area is 152 Å². The summed E-state index contributed by atoms with van der Waals surface area (Å²) in [7, 11) is 0. The SMILES string of the molecule is O=C(N[C@H]1CCN(C2CCCC2)C1)N[C@H]1CCOC2(CCCCC2)C1. The van der Waals surface area contributed by atoms with E-state index in [4.69, 9.17) is 4.74 Å². The van der Waals surface area contributed by atoms with Crippen LogP contribution >= 0.6 is 0 Å². The maximum Gasteiger partial charge on any atom is 0.315 e. The Morgan fingerprint density at radius 2 is 1.68 bits per heavy atom. The van der Waals surface area contributed by atoms with Crippen molar-refractivity contribution in [1.82, 2.24) is 15.5 Å². The van der Waals surface area contributed by atoms with Crippen molar-refractivity contribution in [2.45, 2.75) is 101 Å². The third kappa shape index (κ3) is 4.30. The molecule has 1 spiro atoms. The van der Waals surface area contributed by atoms with E-state index in [1.807, 2.05) is 0 Å². The molecule has 2 saturated heterocycles. The zero-order valence-corrected chi connectivity index (χ0v) is 15.6. The normalized spacial score (nSPS) is 33.6. The second kappa shape index (κ2) is 7.83. The number of hydrogen-bond donors (Lipinski definition) is 2. The van der Waals surface area contributed by atoms with Crippen LogP contribution in [0.5, 0.6) is 0 Å². The number of ether oxygens (including phenoxy) is 1. The summed E-state index contributed by atoms with van der Waals surface area (Å²) >= 11 is 0. The van der Waals surface area contributed by atoms with Crippen molar-refractivity contribution in [3.8, 4) is 0 Å². The van der Waals surface area contributed by atoms with Crippen molar-refractivity contribution in [1.29, 1.82) is 0 Å². The van der Waals surface area contributed by atoms with Gasteiger partial charge in [-0.2, -0.15) is 0 Å². The molecule has 2 amide bonds. The highest BCUT2D eigenvalue weighted by molar-refractivity contribution is 5.74. The molecule has 0 aromatic heterocycles. The van der Waals surface area contributed by atoms with Crippen LogP contribution in [0.25, 0.3) is 0 Å². The number of carbonyl (C=O) groups is 1. The lowest BCUT2D eigenvalue weighted by molar-refractivity contribution is -0.107. The van der Waals surface area contributed by atoms with Gasteiger partial charge >= 0.3 is 6.03 Å². The molecular weight excluding hydrogens is 314 g/mol. The highest BCUT2D eigenvalue weighted by atomic mass is 16.5. The number of carbonyl (C=O) groups excluding carboxylic acids is 1. The molecule has 2 saturated carbocycles. The van der Waals surface area contributed by atoms with Gasteiger partial charge in [0.15, 0.2) is 0 Å². The van der Waals surface area contributed by atoms with Crippen molar-refractivity contribution < 1.29 is 9.53 Å². The molecule has 142 valence electrons. The summed E-state index contributed by atoms with van der Waals surface area (Å²) in [5.41, 5.74) is 0.0566. The van der Waals surface area contributed by atoms with Crippen LogP contribution in [0.1, 0.15) is 77.0 Å². The van der Waals surface area contributed by atoms with E-state index in [-0.39, 0.29) is 17.7 Å². The quantitative estimate of drug-likeness (QED) is 0.823. The minimum atomic E-state index is 0.0381. The van der Waals surface area contributed by atoms with Crippen LogP contribution in [0, 0.1) is 0 Å². The molecule has 5 heteroatoms. The van der Waals surface area contributed by atoms with Crippen molar-refractivity contribution in [3.05, 3.63) is 0 Å². The van der Waals surface area contributed by atoms with Gasteiger partial charge in [-0.3, -0.25) is 4.90 Å². The second-order valence-electron chi connectivity index (χ2n) is 8.82. The smallest absolute Gasteiger partial charge is 0.315 e. The van der Waals surface area contributed by atoms with E-state index in [0.717, 1.165) is 45.0 Å². The predicted octanol–water partition coefficient (Wildman–Crippen LogP) is 3.18. The van der Waals surface area contributed by atoms with Crippen molar-refractivity contribution in [2.75, 3.05) is 19.7 Å². The molecule has 0 bridgehead atoms. The van der Waals surface area contributed by atoms with E-state index in [1.54, 1.807) is 0 Å². The highest BCUT2D eigenvalue weighted by Gasteiger charge is 2.39. The van der Waals surface area contributed by atoms with E-state index in [0.29, 0.717) is 6.04 Å². The predicted molar refractivity (Wildman–Crippen MR) is 98.7 cm³/mol. The Morgan fingerprint density at radius 3 is 2.48 bits per heavy atom. The van der Waals surface area contributed by atoms with Gasteiger partial charge < -0.3 is 15.4 Å². The Morgan fingerprint density at radius 1 is 0.920 bits per heavy atom. The van der Waals surface area contributed by atoms with E-state index < -0.39 is 0 Å². The van der Waals surface area contributed by atoms with Crippen LogP contribution in [0.15, 0.2) is 0 Å². The summed E-state index contributed by atoms with van der Waals surface area (Å²) < 4.78 is 6.14. The summed E-state index contributed by atoms with van der Waals surface area (Å²) in [6.45, 7) is 2.98. The Hall–Kier alpha value is -0.810. The molecule has 2 atom stereocenters. The van der Waals surface area contributed by atoms with Gasteiger partial charge in [0.25, 0.3) is 0 Å². The second-order valence-corrected chi connectivity index (χ2v) is 8.82. The molecule has 4 fully saturated rings. The first kappa shape index (κ1) is 17.6. The van der Waals surface area contributed by atoms with Gasteiger partial charge in [0, 0.05) is 37.8 Å². The molecule has 2 aliphatic heterocycles. The van der Waals surface area contributed by atoms with E-state index in [1.165, 1.54) is 57.8 Å². The van der Waals surface area contributed by atoms with Crippen LogP contribution in [-0.4, -0.2) is 54.4 Å². The van der Waals surface area contributed by atoms with Gasteiger partial charge in [0.05, 0.1) is 5.60 Å². The Balaban J connectivity index is 1.22. The highest BCUT2D eigenvalue weighted by Crippen LogP contribution is 2.38. The summed E-state index contributed by atoms with van der Waals surface area (Å²) in [4.78, 5) is 15.1. The van der Waals surface area contributed by atoms with Gasteiger partial charge in [-0.15, -0.1) is 0 Å². The summed E-state index contributed by atoms with van der Waals surface area (Å²) in [6.07, 6.45) is 14.7. The van der Waals surface area contributed by atoms with Crippen LogP contribution in [0.2, 0.25) is 0 Å². The molecule has 0 unspecified atom stereocenters. The molecule has 4 aliphatic rings. The van der Waals surface area contributed by atoms with E-state index in [2.05, 4.69) is 15.5 Å². The average Bonchev–Trinajstić information content (AvgIpc) is 3.27. The van der Waals surface area contributed by atoms with Gasteiger partial charge in [0.1, 0.15) is 0 Å². The van der Waals surface area contributed by atoms with E-state index in [9.17, 15) is 4.79 Å². The van der Waals surface area contributed by atoms with Gasteiger partial charge in [-0.25, -0.2) is 4.79 Å². The molecule has 0 aromatic carbocycles. The molecule has 25 heavy (non-hydrogen) atoms. The molecule has 5 nitrogen and oxygen atoms in total. The standard InChI is InChI=1S/C20H35N3O2/c24-19(22-17-8-12-23(15-17)18-6-2-3-7-18)21-16-9-13-25-20(14-16)10-4-1-5-11-20/h16-18H,1-15H2,(H2,21,22,24)/t16-,17-/m0/s1. The van der Waals surface area contributed by atoms with Crippen molar-refractivity contribution >= 4 is 6.03 Å². The lowest BCUT2D eigenvalue weighted by Crippen LogP contribution is -2.53. The topological polar surface area (TPSA) is 53.6 Å². The van der Waals surface area contributed by atoms with Crippen LogP contribution in [-0.2, 0) is 4.74 Å². The number of urea groups is 1. The first-order valence-corrected chi connectivity index (χ1v) is 10.7. The summed E-state index contributed by atoms with van der Waals surface area (Å²) in [5, 5.41) is 6.49. The number of amides is 2. The molecule has 4 rings (SSSR count). The van der Waals surface area contributed by atoms with Crippen LogP contribution in [0.4, 0.5) is 4.79 Å². The molecular formula is C20H35N3O2. The fourth-order valence-corrected chi connectivity index (χ4v) is 5.61. The van der Waals surface area contributed by atoms with Gasteiger partial charge in [-0.05, 0) is 44.9 Å². The number of rotatable bonds is 3. The van der Waals surface area contributed by atoms with Crippen LogP contribution < -0.4 is 10.6 Å². The molecule has 2 heterocycles. The first-order chi connectivity index (χ1) is 12.2. The maximum atomic E-state index is 12.5. The minimum absolute atomic E-state index is 0.0381.